The maximum Gasteiger partial charge on any atom is 0.267 e. The standard InChI is InChI=1S/C19H17FN2O3S2/c1-13-3-7-15(8-4-13)21-19(23)18-17(11-12-26-18)27(24,25)22(2)16-9-5-14(20)6-10-16/h3-12H,1-2H3,(H,21,23). The topological polar surface area (TPSA) is 66.5 Å². The first kappa shape index (κ1) is 19.1. The van der Waals surface area contributed by atoms with Gasteiger partial charge in [-0.2, -0.15) is 0 Å². The van der Waals surface area contributed by atoms with Crippen molar-refractivity contribution in [3.8, 4) is 0 Å². The van der Waals surface area contributed by atoms with Gasteiger partial charge in [0, 0.05) is 12.7 Å². The molecule has 140 valence electrons. The van der Waals surface area contributed by atoms with E-state index in [9.17, 15) is 17.6 Å². The molecule has 0 saturated carbocycles. The minimum Gasteiger partial charge on any atom is -0.321 e. The molecule has 1 N–H and O–H groups in total. The summed E-state index contributed by atoms with van der Waals surface area (Å²) in [6.45, 7) is 1.93. The third-order valence-electron chi connectivity index (χ3n) is 3.97. The van der Waals surface area contributed by atoms with Crippen molar-refractivity contribution in [3.63, 3.8) is 0 Å². The highest BCUT2D eigenvalue weighted by atomic mass is 32.2. The summed E-state index contributed by atoms with van der Waals surface area (Å²) >= 11 is 1.04. The number of nitrogens with one attached hydrogen (secondary N) is 1. The molecule has 0 fully saturated rings. The fraction of sp³-hybridized carbons (Fsp3) is 0.105. The summed E-state index contributed by atoms with van der Waals surface area (Å²) in [4.78, 5) is 12.6. The summed E-state index contributed by atoms with van der Waals surface area (Å²) in [5.41, 5.74) is 1.93. The lowest BCUT2D eigenvalue weighted by Gasteiger charge is -2.19. The van der Waals surface area contributed by atoms with Crippen LogP contribution in [0.4, 0.5) is 15.8 Å². The Morgan fingerprint density at radius 3 is 2.30 bits per heavy atom. The number of benzene rings is 2. The number of amides is 1. The van der Waals surface area contributed by atoms with Gasteiger partial charge in [0.2, 0.25) is 0 Å². The highest BCUT2D eigenvalue weighted by Crippen LogP contribution is 2.28. The second kappa shape index (κ2) is 7.50. The number of halogens is 1. The summed E-state index contributed by atoms with van der Waals surface area (Å²) in [7, 11) is -2.61. The van der Waals surface area contributed by atoms with Crippen LogP contribution in [0.2, 0.25) is 0 Å². The monoisotopic (exact) mass is 404 g/mol. The van der Waals surface area contributed by atoms with Crippen LogP contribution in [0.5, 0.6) is 0 Å². The second-order valence-electron chi connectivity index (χ2n) is 5.88. The van der Waals surface area contributed by atoms with Gasteiger partial charge in [-0.05, 0) is 54.8 Å². The molecule has 1 amide bonds. The minimum absolute atomic E-state index is 0.0875. The van der Waals surface area contributed by atoms with Crippen molar-refractivity contribution in [2.24, 2.45) is 0 Å². The van der Waals surface area contributed by atoms with E-state index in [0.29, 0.717) is 11.4 Å². The zero-order chi connectivity index (χ0) is 19.6. The maximum absolute atomic E-state index is 13.1. The van der Waals surface area contributed by atoms with Gasteiger partial charge in [0.1, 0.15) is 15.6 Å². The van der Waals surface area contributed by atoms with Gasteiger partial charge in [-0.3, -0.25) is 9.10 Å². The lowest BCUT2D eigenvalue weighted by atomic mass is 10.2. The maximum atomic E-state index is 13.1. The predicted molar refractivity (Wildman–Crippen MR) is 105 cm³/mol. The molecular formula is C19H17FN2O3S2. The molecule has 0 aliphatic rings. The van der Waals surface area contributed by atoms with E-state index in [1.807, 2.05) is 19.1 Å². The zero-order valence-corrected chi connectivity index (χ0v) is 16.3. The molecule has 0 saturated heterocycles. The van der Waals surface area contributed by atoms with Crippen molar-refractivity contribution >= 4 is 38.6 Å². The summed E-state index contributed by atoms with van der Waals surface area (Å²) in [5.74, 6) is -0.960. The molecule has 0 spiro atoms. The molecule has 8 heteroatoms. The highest BCUT2D eigenvalue weighted by Gasteiger charge is 2.28. The summed E-state index contributed by atoms with van der Waals surface area (Å²) in [5, 5.41) is 4.26. The Bertz CT molecular complexity index is 1060. The molecule has 0 aliphatic heterocycles. The average molecular weight is 404 g/mol. The normalized spacial score (nSPS) is 11.2. The lowest BCUT2D eigenvalue weighted by molar-refractivity contribution is 0.102. The number of anilines is 2. The van der Waals surface area contributed by atoms with Gasteiger partial charge < -0.3 is 5.32 Å². The third kappa shape index (κ3) is 4.01. The molecule has 2 aromatic carbocycles. The first-order chi connectivity index (χ1) is 12.8. The number of hydrogen-bond acceptors (Lipinski definition) is 4. The van der Waals surface area contributed by atoms with Crippen LogP contribution in [0.15, 0.2) is 64.9 Å². The van der Waals surface area contributed by atoms with Crippen LogP contribution in [0, 0.1) is 12.7 Å². The number of carbonyl (C=O) groups excluding carboxylic acids is 1. The Balaban J connectivity index is 1.89. The smallest absolute Gasteiger partial charge is 0.267 e. The Hall–Kier alpha value is -2.71. The van der Waals surface area contributed by atoms with Crippen LogP contribution in [0.1, 0.15) is 15.2 Å². The van der Waals surface area contributed by atoms with Gasteiger partial charge in [-0.15, -0.1) is 11.3 Å². The molecule has 27 heavy (non-hydrogen) atoms. The molecule has 0 unspecified atom stereocenters. The van der Waals surface area contributed by atoms with Crippen LogP contribution in [0.25, 0.3) is 0 Å². The second-order valence-corrected chi connectivity index (χ2v) is 8.74. The number of aryl methyl sites for hydroxylation is 1. The Morgan fingerprint density at radius 2 is 1.67 bits per heavy atom. The van der Waals surface area contributed by atoms with Crippen LogP contribution in [-0.4, -0.2) is 21.4 Å². The molecule has 5 nitrogen and oxygen atoms in total. The van der Waals surface area contributed by atoms with E-state index in [1.165, 1.54) is 37.4 Å². The van der Waals surface area contributed by atoms with Gasteiger partial charge >= 0.3 is 0 Å². The minimum atomic E-state index is -3.98. The van der Waals surface area contributed by atoms with Crippen molar-refractivity contribution < 1.29 is 17.6 Å². The molecule has 0 aliphatic carbocycles. The number of nitrogens with zero attached hydrogens (tertiary/aromatic N) is 1. The number of rotatable bonds is 5. The van der Waals surface area contributed by atoms with Gasteiger partial charge in [-0.25, -0.2) is 12.8 Å². The van der Waals surface area contributed by atoms with Crippen LogP contribution < -0.4 is 9.62 Å². The SMILES string of the molecule is Cc1ccc(NC(=O)c2sccc2S(=O)(=O)N(C)c2ccc(F)cc2)cc1. The van der Waals surface area contributed by atoms with E-state index in [4.69, 9.17) is 0 Å². The van der Waals surface area contributed by atoms with E-state index >= 15 is 0 Å². The molecule has 0 bridgehead atoms. The molecule has 3 rings (SSSR count). The van der Waals surface area contributed by atoms with E-state index in [1.54, 1.807) is 17.5 Å². The lowest BCUT2D eigenvalue weighted by Crippen LogP contribution is -2.28. The number of carbonyl (C=O) groups is 1. The van der Waals surface area contributed by atoms with Gasteiger partial charge in [0.05, 0.1) is 5.69 Å². The van der Waals surface area contributed by atoms with Crippen molar-refractivity contribution in [3.05, 3.63) is 76.2 Å². The van der Waals surface area contributed by atoms with Crippen LogP contribution in [0.3, 0.4) is 0 Å². The quantitative estimate of drug-likeness (QED) is 0.690. The van der Waals surface area contributed by atoms with Gasteiger partial charge in [0.25, 0.3) is 15.9 Å². The van der Waals surface area contributed by atoms with Crippen molar-refractivity contribution in [1.82, 2.24) is 0 Å². The Labute approximate surface area is 161 Å². The van der Waals surface area contributed by atoms with E-state index in [-0.39, 0.29) is 9.77 Å². The fourth-order valence-corrected chi connectivity index (χ4v) is 4.92. The summed E-state index contributed by atoms with van der Waals surface area (Å²) in [6.07, 6.45) is 0. The first-order valence-electron chi connectivity index (χ1n) is 7.99. The van der Waals surface area contributed by atoms with E-state index in [0.717, 1.165) is 21.2 Å². The first-order valence-corrected chi connectivity index (χ1v) is 10.3. The van der Waals surface area contributed by atoms with Crippen LogP contribution >= 0.6 is 11.3 Å². The molecule has 3 aromatic rings. The predicted octanol–water partition coefficient (Wildman–Crippen LogP) is 4.27. The third-order valence-corrected chi connectivity index (χ3v) is 6.84. The van der Waals surface area contributed by atoms with E-state index in [2.05, 4.69) is 5.32 Å². The number of sulfonamides is 1. The summed E-state index contributed by atoms with van der Waals surface area (Å²) < 4.78 is 40.0. The molecule has 0 radical (unpaired) electrons. The molecular weight excluding hydrogens is 387 g/mol. The zero-order valence-electron chi connectivity index (χ0n) is 14.6. The highest BCUT2D eigenvalue weighted by molar-refractivity contribution is 7.93. The largest absolute Gasteiger partial charge is 0.321 e. The molecule has 0 atom stereocenters. The molecule has 1 heterocycles. The average Bonchev–Trinajstić information content (AvgIpc) is 3.14. The Kier molecular flexibility index (Phi) is 5.29. The molecule has 1 aromatic heterocycles. The van der Waals surface area contributed by atoms with Crippen molar-refractivity contribution in [2.45, 2.75) is 11.8 Å². The van der Waals surface area contributed by atoms with Crippen LogP contribution in [-0.2, 0) is 10.0 Å². The number of thiophene rings is 1. The van der Waals surface area contributed by atoms with Gasteiger partial charge in [-0.1, -0.05) is 17.7 Å². The van der Waals surface area contributed by atoms with Crippen molar-refractivity contribution in [2.75, 3.05) is 16.7 Å². The number of hydrogen-bond donors (Lipinski definition) is 1. The van der Waals surface area contributed by atoms with E-state index < -0.39 is 21.7 Å². The van der Waals surface area contributed by atoms with Gasteiger partial charge in [0.15, 0.2) is 0 Å². The fourth-order valence-electron chi connectivity index (χ4n) is 2.43. The summed E-state index contributed by atoms with van der Waals surface area (Å²) in [6, 6.07) is 13.7. The Morgan fingerprint density at radius 1 is 1.04 bits per heavy atom. The van der Waals surface area contributed by atoms with Crippen molar-refractivity contribution in [1.29, 1.82) is 0 Å².